The molecular formula is C15H26N6. The van der Waals surface area contributed by atoms with Crippen LogP contribution in [-0.2, 0) is 0 Å². The number of nitrogens with one attached hydrogen (secondary N) is 1. The van der Waals surface area contributed by atoms with Crippen molar-refractivity contribution < 1.29 is 0 Å². The van der Waals surface area contributed by atoms with Crippen LogP contribution in [0.15, 0.2) is 6.07 Å². The Hall–Kier alpha value is -1.40. The Balaban J connectivity index is 1.78. The normalized spacial score (nSPS) is 24.8. The maximum absolute atomic E-state index is 5.96. The van der Waals surface area contributed by atoms with Crippen LogP contribution in [0.5, 0.6) is 0 Å². The molecule has 0 bridgehead atoms. The van der Waals surface area contributed by atoms with Gasteiger partial charge in [-0.2, -0.15) is 4.98 Å². The zero-order valence-electron chi connectivity index (χ0n) is 12.9. The highest BCUT2D eigenvalue weighted by atomic mass is 15.3. The first-order valence-corrected chi connectivity index (χ1v) is 8.01. The highest BCUT2D eigenvalue weighted by Gasteiger charge is 2.20. The van der Waals surface area contributed by atoms with E-state index >= 15 is 0 Å². The number of nitrogens with two attached hydrogens (primary N) is 1. The lowest BCUT2D eigenvalue weighted by atomic mass is 9.96. The van der Waals surface area contributed by atoms with Crippen LogP contribution in [0.25, 0.3) is 0 Å². The van der Waals surface area contributed by atoms with Crippen molar-refractivity contribution in [3.63, 3.8) is 0 Å². The minimum atomic E-state index is 0.415. The van der Waals surface area contributed by atoms with Crippen LogP contribution in [0, 0.1) is 0 Å². The molecule has 6 heteroatoms. The highest BCUT2D eigenvalue weighted by molar-refractivity contribution is 5.44. The third-order valence-electron chi connectivity index (χ3n) is 4.57. The summed E-state index contributed by atoms with van der Waals surface area (Å²) in [5.41, 5.74) is 7.09. The number of likely N-dealkylation sites (N-methyl/N-ethyl adjacent to an activating group) is 1. The molecule has 1 aromatic heterocycles. The topological polar surface area (TPSA) is 70.3 Å². The average Bonchev–Trinajstić information content (AvgIpc) is 2.76. The van der Waals surface area contributed by atoms with Crippen LogP contribution in [0.3, 0.4) is 0 Å². The molecule has 0 amide bonds. The number of anilines is 2. The van der Waals surface area contributed by atoms with Crippen molar-refractivity contribution in [2.24, 2.45) is 0 Å². The quantitative estimate of drug-likeness (QED) is 0.834. The molecule has 2 saturated heterocycles. The van der Waals surface area contributed by atoms with E-state index in [1.807, 2.05) is 0 Å². The molecule has 2 aliphatic heterocycles. The van der Waals surface area contributed by atoms with Gasteiger partial charge in [0.15, 0.2) is 0 Å². The van der Waals surface area contributed by atoms with Crippen LogP contribution in [0.4, 0.5) is 11.8 Å². The van der Waals surface area contributed by atoms with Gasteiger partial charge >= 0.3 is 0 Å². The summed E-state index contributed by atoms with van der Waals surface area (Å²) in [5, 5.41) is 3.45. The van der Waals surface area contributed by atoms with E-state index in [1.165, 1.54) is 12.8 Å². The van der Waals surface area contributed by atoms with Crippen molar-refractivity contribution in [1.82, 2.24) is 20.2 Å². The number of nitrogen functional groups attached to an aromatic ring is 1. The first-order chi connectivity index (χ1) is 10.2. The van der Waals surface area contributed by atoms with Gasteiger partial charge in [-0.05, 0) is 39.4 Å². The van der Waals surface area contributed by atoms with E-state index in [-0.39, 0.29) is 0 Å². The maximum atomic E-state index is 5.96. The Kier molecular flexibility index (Phi) is 4.55. The summed E-state index contributed by atoms with van der Waals surface area (Å²) in [7, 11) is 2.16. The molecule has 116 valence electrons. The number of piperazine rings is 1. The molecule has 6 nitrogen and oxygen atoms in total. The zero-order valence-corrected chi connectivity index (χ0v) is 12.9. The lowest BCUT2D eigenvalue weighted by molar-refractivity contribution is 0.312. The van der Waals surface area contributed by atoms with E-state index in [2.05, 4.69) is 38.2 Å². The molecule has 0 aliphatic carbocycles. The monoisotopic (exact) mass is 290 g/mol. The van der Waals surface area contributed by atoms with Crippen molar-refractivity contribution in [3.8, 4) is 0 Å². The highest BCUT2D eigenvalue weighted by Crippen LogP contribution is 2.27. The fourth-order valence-corrected chi connectivity index (χ4v) is 3.19. The summed E-state index contributed by atoms with van der Waals surface area (Å²) in [4.78, 5) is 13.6. The van der Waals surface area contributed by atoms with Crippen molar-refractivity contribution in [2.45, 2.75) is 25.2 Å². The first kappa shape index (κ1) is 14.5. The largest absolute Gasteiger partial charge is 0.368 e. The smallest absolute Gasteiger partial charge is 0.222 e. The second-order valence-corrected chi connectivity index (χ2v) is 6.18. The van der Waals surface area contributed by atoms with Crippen molar-refractivity contribution in [2.75, 3.05) is 56.9 Å². The standard InChI is InChI=1S/C15H26N6/c1-20-7-9-21(10-8-20)14-11-13(18-15(16)19-14)12-3-2-5-17-6-4-12/h11-12,17H,2-10H2,1H3,(H2,16,18,19). The van der Waals surface area contributed by atoms with Gasteiger partial charge < -0.3 is 20.9 Å². The third kappa shape index (κ3) is 3.63. The number of rotatable bonds is 2. The van der Waals surface area contributed by atoms with E-state index in [9.17, 15) is 0 Å². The summed E-state index contributed by atoms with van der Waals surface area (Å²) < 4.78 is 0. The molecule has 1 atom stereocenters. The summed E-state index contributed by atoms with van der Waals surface area (Å²) in [5.74, 6) is 1.93. The summed E-state index contributed by atoms with van der Waals surface area (Å²) in [6.45, 7) is 6.36. The molecular weight excluding hydrogens is 264 g/mol. The van der Waals surface area contributed by atoms with Gasteiger partial charge in [-0.1, -0.05) is 0 Å². The Morgan fingerprint density at radius 2 is 1.95 bits per heavy atom. The first-order valence-electron chi connectivity index (χ1n) is 8.01. The molecule has 0 saturated carbocycles. The lowest BCUT2D eigenvalue weighted by Crippen LogP contribution is -2.45. The van der Waals surface area contributed by atoms with Crippen molar-refractivity contribution in [3.05, 3.63) is 11.8 Å². The molecule has 2 fully saturated rings. The van der Waals surface area contributed by atoms with Crippen molar-refractivity contribution >= 4 is 11.8 Å². The molecule has 1 aromatic rings. The van der Waals surface area contributed by atoms with Gasteiger partial charge in [-0.3, -0.25) is 0 Å². The summed E-state index contributed by atoms with van der Waals surface area (Å²) >= 11 is 0. The van der Waals surface area contributed by atoms with E-state index in [0.717, 1.165) is 57.2 Å². The van der Waals surface area contributed by atoms with Gasteiger partial charge in [0, 0.05) is 38.2 Å². The second kappa shape index (κ2) is 6.58. The Labute approximate surface area is 126 Å². The van der Waals surface area contributed by atoms with E-state index in [4.69, 9.17) is 5.73 Å². The summed E-state index contributed by atoms with van der Waals surface area (Å²) in [6.07, 6.45) is 3.53. The molecule has 3 heterocycles. The van der Waals surface area contributed by atoms with Gasteiger partial charge in [0.25, 0.3) is 0 Å². The van der Waals surface area contributed by atoms with Gasteiger partial charge in [0.2, 0.25) is 5.95 Å². The minimum Gasteiger partial charge on any atom is -0.368 e. The van der Waals surface area contributed by atoms with Crippen molar-refractivity contribution in [1.29, 1.82) is 0 Å². The average molecular weight is 290 g/mol. The number of aromatic nitrogens is 2. The Morgan fingerprint density at radius 3 is 2.76 bits per heavy atom. The molecule has 0 aromatic carbocycles. The van der Waals surface area contributed by atoms with E-state index in [1.54, 1.807) is 0 Å². The molecule has 1 unspecified atom stereocenters. The van der Waals surface area contributed by atoms with E-state index < -0.39 is 0 Å². The number of nitrogens with zero attached hydrogens (tertiary/aromatic N) is 4. The maximum Gasteiger partial charge on any atom is 0.222 e. The second-order valence-electron chi connectivity index (χ2n) is 6.18. The third-order valence-corrected chi connectivity index (χ3v) is 4.57. The van der Waals surface area contributed by atoms with Gasteiger partial charge in [-0.15, -0.1) is 0 Å². The zero-order chi connectivity index (χ0) is 14.7. The molecule has 0 radical (unpaired) electrons. The van der Waals surface area contributed by atoms with Crippen LogP contribution in [0.1, 0.15) is 30.9 Å². The lowest BCUT2D eigenvalue weighted by Gasteiger charge is -2.33. The predicted molar refractivity (Wildman–Crippen MR) is 85.6 cm³/mol. The summed E-state index contributed by atoms with van der Waals surface area (Å²) in [6, 6.07) is 2.16. The fraction of sp³-hybridized carbons (Fsp3) is 0.733. The van der Waals surface area contributed by atoms with Crippen LogP contribution in [-0.4, -0.2) is 61.2 Å². The minimum absolute atomic E-state index is 0.415. The fourth-order valence-electron chi connectivity index (χ4n) is 3.19. The number of hydrogen-bond donors (Lipinski definition) is 2. The Bertz CT molecular complexity index is 461. The predicted octanol–water partition coefficient (Wildman–Crippen LogP) is 0.668. The Morgan fingerprint density at radius 1 is 1.14 bits per heavy atom. The molecule has 0 spiro atoms. The molecule has 21 heavy (non-hydrogen) atoms. The van der Waals surface area contributed by atoms with Crippen LogP contribution < -0.4 is 16.0 Å². The van der Waals surface area contributed by atoms with Gasteiger partial charge in [-0.25, -0.2) is 4.98 Å². The molecule has 2 aliphatic rings. The van der Waals surface area contributed by atoms with Gasteiger partial charge in [0.1, 0.15) is 5.82 Å². The number of hydrogen-bond acceptors (Lipinski definition) is 6. The SMILES string of the molecule is CN1CCN(c2cc(C3CCCNCC3)nc(N)n2)CC1. The van der Waals surface area contributed by atoms with Gasteiger partial charge in [0.05, 0.1) is 5.69 Å². The van der Waals surface area contributed by atoms with Crippen LogP contribution in [0.2, 0.25) is 0 Å². The van der Waals surface area contributed by atoms with Crippen LogP contribution >= 0.6 is 0 Å². The molecule has 3 rings (SSSR count). The molecule has 3 N–H and O–H groups in total. The van der Waals surface area contributed by atoms with E-state index in [0.29, 0.717) is 11.9 Å².